The molecule has 0 aliphatic rings. The molecule has 6 heteroatoms. The molecule has 0 unspecified atom stereocenters. The molecule has 0 spiro atoms. The molecule has 2 amide bonds. The van der Waals surface area contributed by atoms with E-state index < -0.39 is 0 Å². The molecular formula is C21H17ClN2O3. The number of carbonyl (C=O) groups is 2. The summed E-state index contributed by atoms with van der Waals surface area (Å²) in [5.41, 5.74) is 2.08. The molecule has 5 nitrogen and oxygen atoms in total. The molecule has 2 N–H and O–H groups in total. The van der Waals surface area contributed by atoms with Crippen molar-refractivity contribution in [2.24, 2.45) is 0 Å². The van der Waals surface area contributed by atoms with E-state index in [1.807, 2.05) is 6.07 Å². The minimum Gasteiger partial charge on any atom is -0.493 e. The quantitative estimate of drug-likeness (QED) is 0.664. The third kappa shape index (κ3) is 4.46. The molecule has 27 heavy (non-hydrogen) atoms. The molecular weight excluding hydrogens is 364 g/mol. The Morgan fingerprint density at radius 3 is 2.07 bits per heavy atom. The first-order valence-electron chi connectivity index (χ1n) is 8.19. The summed E-state index contributed by atoms with van der Waals surface area (Å²) in [4.78, 5) is 24.6. The highest BCUT2D eigenvalue weighted by molar-refractivity contribution is 6.32. The number of anilines is 2. The number of benzene rings is 3. The van der Waals surface area contributed by atoms with Crippen LogP contribution in [-0.2, 0) is 0 Å². The van der Waals surface area contributed by atoms with Gasteiger partial charge in [-0.15, -0.1) is 0 Å². The molecule has 0 atom stereocenters. The van der Waals surface area contributed by atoms with Crippen molar-refractivity contribution in [3.8, 4) is 5.75 Å². The van der Waals surface area contributed by atoms with Crippen LogP contribution >= 0.6 is 11.6 Å². The van der Waals surface area contributed by atoms with Gasteiger partial charge in [-0.3, -0.25) is 9.59 Å². The molecule has 3 rings (SSSR count). The highest BCUT2D eigenvalue weighted by atomic mass is 35.5. The maximum absolute atomic E-state index is 12.5. The fourth-order valence-electron chi connectivity index (χ4n) is 2.51. The molecule has 0 aliphatic heterocycles. The van der Waals surface area contributed by atoms with Crippen molar-refractivity contribution in [2.45, 2.75) is 0 Å². The first-order valence-corrected chi connectivity index (χ1v) is 8.56. The number of hydrogen-bond donors (Lipinski definition) is 2. The van der Waals surface area contributed by atoms with Gasteiger partial charge in [-0.05, 0) is 48.5 Å². The van der Waals surface area contributed by atoms with Crippen LogP contribution in [0.1, 0.15) is 20.7 Å². The number of rotatable bonds is 5. The Kier molecular flexibility index (Phi) is 5.74. The average Bonchev–Trinajstić information content (AvgIpc) is 2.69. The number of ether oxygens (including phenoxy) is 1. The smallest absolute Gasteiger partial charge is 0.255 e. The lowest BCUT2D eigenvalue weighted by molar-refractivity contribution is 0.101. The average molecular weight is 381 g/mol. The Labute approximate surface area is 161 Å². The number of nitrogens with one attached hydrogen (secondary N) is 2. The SMILES string of the molecule is COc1c(Cl)cccc1NC(=O)c1ccc(NC(=O)c2ccccc2)cc1. The lowest BCUT2D eigenvalue weighted by Gasteiger charge is -2.12. The van der Waals surface area contributed by atoms with Gasteiger partial charge >= 0.3 is 0 Å². The van der Waals surface area contributed by atoms with E-state index in [0.29, 0.717) is 33.3 Å². The Bertz CT molecular complexity index is 957. The molecule has 0 bridgehead atoms. The van der Waals surface area contributed by atoms with Gasteiger partial charge in [0.2, 0.25) is 0 Å². The molecule has 0 heterocycles. The number of amides is 2. The van der Waals surface area contributed by atoms with Crippen molar-refractivity contribution in [3.05, 3.63) is 88.9 Å². The summed E-state index contributed by atoms with van der Waals surface area (Å²) in [5, 5.41) is 5.97. The molecule has 0 saturated heterocycles. The number of para-hydroxylation sites is 1. The fourth-order valence-corrected chi connectivity index (χ4v) is 2.76. The van der Waals surface area contributed by atoms with Gasteiger partial charge < -0.3 is 15.4 Å². The van der Waals surface area contributed by atoms with Crippen LogP contribution in [0.2, 0.25) is 5.02 Å². The number of methoxy groups -OCH3 is 1. The Morgan fingerprint density at radius 1 is 0.778 bits per heavy atom. The normalized spacial score (nSPS) is 10.1. The molecule has 0 aliphatic carbocycles. The molecule has 0 saturated carbocycles. The predicted octanol–water partition coefficient (Wildman–Crippen LogP) is 4.85. The van der Waals surface area contributed by atoms with Crippen molar-refractivity contribution in [3.63, 3.8) is 0 Å². The molecule has 0 radical (unpaired) electrons. The zero-order valence-electron chi connectivity index (χ0n) is 14.5. The summed E-state index contributed by atoms with van der Waals surface area (Å²) in [5.74, 6) is -0.118. The van der Waals surface area contributed by atoms with Crippen LogP contribution in [0, 0.1) is 0 Å². The van der Waals surface area contributed by atoms with Gasteiger partial charge in [-0.1, -0.05) is 35.9 Å². The Balaban J connectivity index is 1.69. The van der Waals surface area contributed by atoms with Crippen LogP contribution in [0.25, 0.3) is 0 Å². The van der Waals surface area contributed by atoms with Gasteiger partial charge in [0.25, 0.3) is 11.8 Å². The number of halogens is 1. The molecule has 3 aromatic carbocycles. The van der Waals surface area contributed by atoms with Gasteiger partial charge in [0.05, 0.1) is 17.8 Å². The summed E-state index contributed by atoms with van der Waals surface area (Å²) >= 11 is 6.06. The van der Waals surface area contributed by atoms with Gasteiger partial charge in [-0.2, -0.15) is 0 Å². The van der Waals surface area contributed by atoms with Crippen LogP contribution in [0.4, 0.5) is 11.4 Å². The van der Waals surface area contributed by atoms with E-state index in [1.54, 1.807) is 66.7 Å². The van der Waals surface area contributed by atoms with Gasteiger partial charge in [0.1, 0.15) is 0 Å². The summed E-state index contributed by atoms with van der Waals surface area (Å²) in [6, 6.07) is 20.6. The van der Waals surface area contributed by atoms with Crippen LogP contribution in [0.3, 0.4) is 0 Å². The highest BCUT2D eigenvalue weighted by Gasteiger charge is 2.12. The Hall–Kier alpha value is -3.31. The summed E-state index contributed by atoms with van der Waals surface area (Å²) < 4.78 is 5.22. The van der Waals surface area contributed by atoms with Crippen molar-refractivity contribution in [1.82, 2.24) is 0 Å². The third-order valence-electron chi connectivity index (χ3n) is 3.86. The molecule has 0 fully saturated rings. The topological polar surface area (TPSA) is 67.4 Å². The second kappa shape index (κ2) is 8.38. The minimum atomic E-state index is -0.309. The van der Waals surface area contributed by atoms with Gasteiger partial charge in [0, 0.05) is 16.8 Å². The molecule has 3 aromatic rings. The van der Waals surface area contributed by atoms with E-state index in [1.165, 1.54) is 7.11 Å². The fraction of sp³-hybridized carbons (Fsp3) is 0.0476. The van der Waals surface area contributed by atoms with Gasteiger partial charge in [0.15, 0.2) is 5.75 Å². The second-order valence-corrected chi connectivity index (χ2v) is 6.08. The highest BCUT2D eigenvalue weighted by Crippen LogP contribution is 2.32. The van der Waals surface area contributed by atoms with Crippen molar-refractivity contribution < 1.29 is 14.3 Å². The zero-order valence-corrected chi connectivity index (χ0v) is 15.3. The first kappa shape index (κ1) is 18.5. The van der Waals surface area contributed by atoms with Crippen molar-refractivity contribution >= 4 is 34.8 Å². The Morgan fingerprint density at radius 2 is 1.41 bits per heavy atom. The standard InChI is InChI=1S/C21H17ClN2O3/c1-27-19-17(22)8-5-9-18(19)24-21(26)15-10-12-16(13-11-15)23-20(25)14-6-3-2-4-7-14/h2-13H,1H3,(H,23,25)(H,24,26). The second-order valence-electron chi connectivity index (χ2n) is 5.67. The van der Waals surface area contributed by atoms with Gasteiger partial charge in [-0.25, -0.2) is 0 Å². The minimum absolute atomic E-state index is 0.212. The van der Waals surface area contributed by atoms with Crippen LogP contribution in [0.15, 0.2) is 72.8 Å². The van der Waals surface area contributed by atoms with E-state index in [0.717, 1.165) is 0 Å². The first-order chi connectivity index (χ1) is 13.1. The summed E-state index contributed by atoms with van der Waals surface area (Å²) in [6.07, 6.45) is 0. The molecule has 136 valence electrons. The molecule has 0 aromatic heterocycles. The van der Waals surface area contributed by atoms with E-state index >= 15 is 0 Å². The van der Waals surface area contributed by atoms with Crippen LogP contribution < -0.4 is 15.4 Å². The number of hydrogen-bond acceptors (Lipinski definition) is 3. The van der Waals surface area contributed by atoms with Crippen molar-refractivity contribution in [1.29, 1.82) is 0 Å². The third-order valence-corrected chi connectivity index (χ3v) is 4.16. The maximum Gasteiger partial charge on any atom is 0.255 e. The van der Waals surface area contributed by atoms with Crippen molar-refractivity contribution in [2.75, 3.05) is 17.7 Å². The van der Waals surface area contributed by atoms with E-state index in [9.17, 15) is 9.59 Å². The van der Waals surface area contributed by atoms with Crippen LogP contribution in [0.5, 0.6) is 5.75 Å². The maximum atomic E-state index is 12.5. The summed E-state index contributed by atoms with van der Waals surface area (Å²) in [6.45, 7) is 0. The van der Waals surface area contributed by atoms with E-state index in [-0.39, 0.29) is 11.8 Å². The zero-order chi connectivity index (χ0) is 19.2. The number of carbonyl (C=O) groups excluding carboxylic acids is 2. The summed E-state index contributed by atoms with van der Waals surface area (Å²) in [7, 11) is 1.49. The van der Waals surface area contributed by atoms with E-state index in [4.69, 9.17) is 16.3 Å². The predicted molar refractivity (Wildman–Crippen MR) is 107 cm³/mol. The lowest BCUT2D eigenvalue weighted by Crippen LogP contribution is -2.14. The monoisotopic (exact) mass is 380 g/mol. The lowest BCUT2D eigenvalue weighted by atomic mass is 10.1. The van der Waals surface area contributed by atoms with E-state index in [2.05, 4.69) is 10.6 Å². The largest absolute Gasteiger partial charge is 0.493 e. The van der Waals surface area contributed by atoms with Crippen LogP contribution in [-0.4, -0.2) is 18.9 Å².